The molecule has 2 aliphatic rings. The minimum Gasteiger partial charge on any atom is -0.373 e. The van der Waals surface area contributed by atoms with Crippen LogP contribution in [0.1, 0.15) is 46.5 Å². The van der Waals surface area contributed by atoms with Crippen molar-refractivity contribution in [1.82, 2.24) is 20.4 Å². The quantitative estimate of drug-likeness (QED) is 0.665. The van der Waals surface area contributed by atoms with Gasteiger partial charge < -0.3 is 10.1 Å². The zero-order chi connectivity index (χ0) is 18.9. The molecule has 2 N–H and O–H groups in total. The second-order valence-corrected chi connectivity index (χ2v) is 7.85. The first-order valence-corrected chi connectivity index (χ1v) is 10.1. The van der Waals surface area contributed by atoms with E-state index in [0.29, 0.717) is 31.2 Å². The Labute approximate surface area is 157 Å². The zero-order valence-electron chi connectivity index (χ0n) is 16.6. The number of urea groups is 1. The fraction of sp³-hybridized carbons (Fsp3) is 0.895. The first-order valence-electron chi connectivity index (χ1n) is 10.1. The van der Waals surface area contributed by atoms with Gasteiger partial charge in [-0.2, -0.15) is 0 Å². The SMILES string of the molecule is CCCCNC(=O)NC(=O)CN1CCC(CN2CC(C)OC(C)C2)CC1. The fourth-order valence-corrected chi connectivity index (χ4v) is 3.92. The smallest absolute Gasteiger partial charge is 0.321 e. The number of nitrogens with one attached hydrogen (secondary N) is 2. The number of piperidine rings is 1. The van der Waals surface area contributed by atoms with Crippen molar-refractivity contribution < 1.29 is 14.3 Å². The molecule has 2 heterocycles. The van der Waals surface area contributed by atoms with Crippen LogP contribution in [0, 0.1) is 5.92 Å². The van der Waals surface area contributed by atoms with E-state index < -0.39 is 0 Å². The van der Waals surface area contributed by atoms with Gasteiger partial charge in [0, 0.05) is 26.2 Å². The van der Waals surface area contributed by atoms with E-state index in [1.54, 1.807) is 0 Å². The van der Waals surface area contributed by atoms with Gasteiger partial charge in [-0.1, -0.05) is 13.3 Å². The van der Waals surface area contributed by atoms with Crippen LogP contribution in [-0.2, 0) is 9.53 Å². The predicted octanol–water partition coefficient (Wildman–Crippen LogP) is 1.43. The highest BCUT2D eigenvalue weighted by Gasteiger charge is 2.27. The van der Waals surface area contributed by atoms with Crippen molar-refractivity contribution in [2.75, 3.05) is 45.8 Å². The average Bonchev–Trinajstić information content (AvgIpc) is 2.56. The molecule has 7 nitrogen and oxygen atoms in total. The summed E-state index contributed by atoms with van der Waals surface area (Å²) < 4.78 is 5.80. The number of amides is 3. The van der Waals surface area contributed by atoms with Gasteiger partial charge in [0.25, 0.3) is 0 Å². The number of ether oxygens (including phenoxy) is 1. The first kappa shape index (κ1) is 21.1. The average molecular weight is 369 g/mol. The number of morpholine rings is 1. The first-order chi connectivity index (χ1) is 12.5. The van der Waals surface area contributed by atoms with E-state index in [1.165, 1.54) is 0 Å². The molecule has 7 heteroatoms. The molecular formula is C19H36N4O3. The molecule has 0 aromatic rings. The summed E-state index contributed by atoms with van der Waals surface area (Å²) in [6.45, 7) is 12.3. The van der Waals surface area contributed by atoms with Gasteiger partial charge in [-0.25, -0.2) is 4.79 Å². The molecule has 2 fully saturated rings. The van der Waals surface area contributed by atoms with E-state index in [2.05, 4.69) is 41.2 Å². The summed E-state index contributed by atoms with van der Waals surface area (Å²) in [5.74, 6) is 0.470. The Morgan fingerprint density at radius 1 is 1.08 bits per heavy atom. The van der Waals surface area contributed by atoms with Crippen molar-refractivity contribution in [3.63, 3.8) is 0 Å². The van der Waals surface area contributed by atoms with Crippen LogP contribution in [0.5, 0.6) is 0 Å². The topological polar surface area (TPSA) is 73.9 Å². The van der Waals surface area contributed by atoms with Crippen LogP contribution in [0.25, 0.3) is 0 Å². The van der Waals surface area contributed by atoms with Crippen LogP contribution in [-0.4, -0.2) is 79.8 Å². The molecule has 2 saturated heterocycles. The third-order valence-corrected chi connectivity index (χ3v) is 5.15. The van der Waals surface area contributed by atoms with E-state index in [1.807, 2.05) is 0 Å². The Balaban J connectivity index is 1.62. The maximum absolute atomic E-state index is 12.0. The van der Waals surface area contributed by atoms with Gasteiger partial charge in [-0.15, -0.1) is 0 Å². The van der Waals surface area contributed by atoms with Crippen molar-refractivity contribution >= 4 is 11.9 Å². The molecule has 2 unspecified atom stereocenters. The number of unbranched alkanes of at least 4 members (excludes halogenated alkanes) is 1. The minimum absolute atomic E-state index is 0.215. The molecule has 0 saturated carbocycles. The molecule has 150 valence electrons. The molecule has 0 aliphatic carbocycles. The number of nitrogens with zero attached hydrogens (tertiary/aromatic N) is 2. The lowest BCUT2D eigenvalue weighted by Gasteiger charge is -2.39. The number of likely N-dealkylation sites (tertiary alicyclic amines) is 1. The summed E-state index contributed by atoms with van der Waals surface area (Å²) >= 11 is 0. The molecule has 3 amide bonds. The number of imide groups is 1. The predicted molar refractivity (Wildman–Crippen MR) is 102 cm³/mol. The highest BCUT2D eigenvalue weighted by molar-refractivity contribution is 5.95. The third-order valence-electron chi connectivity index (χ3n) is 5.15. The van der Waals surface area contributed by atoms with Gasteiger partial charge in [-0.3, -0.25) is 19.9 Å². The Kier molecular flexibility index (Phi) is 8.81. The van der Waals surface area contributed by atoms with Crippen LogP contribution in [0.2, 0.25) is 0 Å². The maximum atomic E-state index is 12.0. The lowest BCUT2D eigenvalue weighted by Crippen LogP contribution is -2.49. The lowest BCUT2D eigenvalue weighted by atomic mass is 9.95. The Bertz CT molecular complexity index is 442. The molecule has 0 radical (unpaired) electrons. The van der Waals surface area contributed by atoms with Crippen molar-refractivity contribution in [2.45, 2.75) is 58.7 Å². The summed E-state index contributed by atoms with van der Waals surface area (Å²) in [5, 5.41) is 5.13. The second-order valence-electron chi connectivity index (χ2n) is 7.85. The van der Waals surface area contributed by atoms with Gasteiger partial charge in [-0.05, 0) is 52.1 Å². The lowest BCUT2D eigenvalue weighted by molar-refractivity contribution is -0.121. The largest absolute Gasteiger partial charge is 0.373 e. The van der Waals surface area contributed by atoms with Gasteiger partial charge in [0.2, 0.25) is 5.91 Å². The van der Waals surface area contributed by atoms with Crippen LogP contribution in [0.4, 0.5) is 4.79 Å². The number of carbonyl (C=O) groups excluding carboxylic acids is 2. The second kappa shape index (κ2) is 10.8. The summed E-state index contributed by atoms with van der Waals surface area (Å²) in [7, 11) is 0. The molecule has 2 rings (SSSR count). The number of hydrogen-bond acceptors (Lipinski definition) is 5. The van der Waals surface area contributed by atoms with E-state index in [0.717, 1.165) is 58.4 Å². The van der Waals surface area contributed by atoms with E-state index in [4.69, 9.17) is 4.74 Å². The highest BCUT2D eigenvalue weighted by Crippen LogP contribution is 2.20. The van der Waals surface area contributed by atoms with Crippen LogP contribution >= 0.6 is 0 Å². The summed E-state index contributed by atoms with van der Waals surface area (Å²) in [6, 6.07) is -0.381. The van der Waals surface area contributed by atoms with Crippen LogP contribution in [0.15, 0.2) is 0 Å². The van der Waals surface area contributed by atoms with Crippen LogP contribution in [0.3, 0.4) is 0 Å². The van der Waals surface area contributed by atoms with Gasteiger partial charge in [0.15, 0.2) is 0 Å². The Morgan fingerprint density at radius 3 is 2.35 bits per heavy atom. The zero-order valence-corrected chi connectivity index (χ0v) is 16.6. The normalized spacial score (nSPS) is 25.8. The van der Waals surface area contributed by atoms with E-state index in [9.17, 15) is 9.59 Å². The molecule has 0 aromatic carbocycles. The van der Waals surface area contributed by atoms with Crippen molar-refractivity contribution in [3.8, 4) is 0 Å². The standard InChI is InChI=1S/C19H36N4O3/c1-4-5-8-20-19(25)21-18(24)14-22-9-6-17(7-10-22)13-23-11-15(2)26-16(3)12-23/h15-17H,4-14H2,1-3H3,(H2,20,21,24,25). The summed E-state index contributed by atoms with van der Waals surface area (Å²) in [6.07, 6.45) is 4.78. The van der Waals surface area contributed by atoms with Gasteiger partial charge >= 0.3 is 6.03 Å². The van der Waals surface area contributed by atoms with Crippen molar-refractivity contribution in [2.24, 2.45) is 5.92 Å². The molecule has 0 bridgehead atoms. The van der Waals surface area contributed by atoms with Crippen molar-refractivity contribution in [3.05, 3.63) is 0 Å². The number of hydrogen-bond donors (Lipinski definition) is 2. The maximum Gasteiger partial charge on any atom is 0.321 e. The van der Waals surface area contributed by atoms with Crippen LogP contribution < -0.4 is 10.6 Å². The van der Waals surface area contributed by atoms with E-state index in [-0.39, 0.29) is 11.9 Å². The number of rotatable bonds is 7. The Hall–Kier alpha value is -1.18. The van der Waals surface area contributed by atoms with Gasteiger partial charge in [0.1, 0.15) is 0 Å². The van der Waals surface area contributed by atoms with Gasteiger partial charge in [0.05, 0.1) is 18.8 Å². The molecule has 0 aromatic heterocycles. The molecule has 2 atom stereocenters. The molecular weight excluding hydrogens is 332 g/mol. The van der Waals surface area contributed by atoms with Crippen molar-refractivity contribution in [1.29, 1.82) is 0 Å². The fourth-order valence-electron chi connectivity index (χ4n) is 3.92. The molecule has 26 heavy (non-hydrogen) atoms. The van der Waals surface area contributed by atoms with E-state index >= 15 is 0 Å². The third kappa shape index (κ3) is 7.60. The molecule has 2 aliphatic heterocycles. The minimum atomic E-state index is -0.381. The Morgan fingerprint density at radius 2 is 1.73 bits per heavy atom. The summed E-state index contributed by atoms with van der Waals surface area (Å²) in [4.78, 5) is 28.3. The highest BCUT2D eigenvalue weighted by atomic mass is 16.5. The molecule has 0 spiro atoms. The summed E-state index contributed by atoms with van der Waals surface area (Å²) in [5.41, 5.74) is 0. The monoisotopic (exact) mass is 368 g/mol. The number of carbonyl (C=O) groups is 2.